The third kappa shape index (κ3) is 1.88. The van der Waals surface area contributed by atoms with Gasteiger partial charge in [-0.05, 0) is 47.5 Å². The van der Waals surface area contributed by atoms with Gasteiger partial charge in [-0.1, -0.05) is 64.5 Å². The van der Waals surface area contributed by atoms with Crippen LogP contribution in [0.5, 0.6) is 0 Å². The lowest BCUT2D eigenvalue weighted by Gasteiger charge is -2.54. The highest BCUT2D eigenvalue weighted by molar-refractivity contribution is 5.85. The molecule has 1 heteroatoms. The lowest BCUT2D eigenvalue weighted by Crippen LogP contribution is -2.53. The van der Waals surface area contributed by atoms with Crippen LogP contribution in [0.3, 0.4) is 0 Å². The third-order valence-corrected chi connectivity index (χ3v) is 8.00. The molecule has 23 heavy (non-hydrogen) atoms. The van der Waals surface area contributed by atoms with Crippen molar-refractivity contribution in [3.63, 3.8) is 0 Å². The fourth-order valence-corrected chi connectivity index (χ4v) is 7.00. The summed E-state index contributed by atoms with van der Waals surface area (Å²) in [7, 11) is 0. The van der Waals surface area contributed by atoms with Crippen molar-refractivity contribution in [1.29, 1.82) is 0 Å². The van der Waals surface area contributed by atoms with E-state index < -0.39 is 0 Å². The van der Waals surface area contributed by atoms with Gasteiger partial charge in [0, 0.05) is 17.8 Å². The minimum absolute atomic E-state index is 0.0279. The molecule has 4 aliphatic carbocycles. The molecule has 4 rings (SSSR count). The first kappa shape index (κ1) is 15.4. The molecule has 1 nitrogen and oxygen atoms in total. The summed E-state index contributed by atoms with van der Waals surface area (Å²) in [6.45, 7) is 9.49. The number of ketones is 1. The van der Waals surface area contributed by atoms with E-state index in [0.717, 1.165) is 18.8 Å². The SMILES string of the molecule is CC[C@H]1[C@@H](C)C[C@H]2[C@@H]3C=CC4=CC=CC[C@]4(C)[C@H]3C(=O)C[C@@]21C. The topological polar surface area (TPSA) is 17.1 Å². The molecule has 7 atom stereocenters. The van der Waals surface area contributed by atoms with Crippen LogP contribution < -0.4 is 0 Å². The summed E-state index contributed by atoms with van der Waals surface area (Å²) >= 11 is 0. The van der Waals surface area contributed by atoms with E-state index in [-0.39, 0.29) is 16.7 Å². The second kappa shape index (κ2) is 4.94. The standard InChI is InChI=1S/C22H30O/c1-5-17-14(2)12-18-16-10-9-15-8-6-7-11-21(15,3)20(16)19(23)13-22(17,18)4/h6-10,14,16-18,20H,5,11-13H2,1-4H3/t14-,16-,17-,18-,20+,21-,22+/m0/s1. The first-order valence-electron chi connectivity index (χ1n) is 9.50. The second-order valence-corrected chi connectivity index (χ2v) is 9.07. The average molecular weight is 310 g/mol. The normalized spacial score (nSPS) is 51.0. The van der Waals surface area contributed by atoms with E-state index in [9.17, 15) is 4.79 Å². The predicted octanol–water partition coefficient (Wildman–Crippen LogP) is 5.34. The number of hydrogen-bond donors (Lipinski definition) is 0. The van der Waals surface area contributed by atoms with E-state index in [4.69, 9.17) is 0 Å². The van der Waals surface area contributed by atoms with Crippen molar-refractivity contribution in [2.24, 2.45) is 40.4 Å². The summed E-state index contributed by atoms with van der Waals surface area (Å²) in [5.41, 5.74) is 1.62. The molecule has 0 amide bonds. The lowest BCUT2D eigenvalue weighted by atomic mass is 9.48. The maximum Gasteiger partial charge on any atom is 0.138 e. The van der Waals surface area contributed by atoms with E-state index in [1.165, 1.54) is 18.4 Å². The molecule has 0 saturated heterocycles. The van der Waals surface area contributed by atoms with E-state index in [1.54, 1.807) is 0 Å². The van der Waals surface area contributed by atoms with Crippen molar-refractivity contribution in [2.45, 2.75) is 53.4 Å². The van der Waals surface area contributed by atoms with Gasteiger partial charge in [-0.15, -0.1) is 0 Å². The Kier molecular flexibility index (Phi) is 3.31. The number of rotatable bonds is 1. The van der Waals surface area contributed by atoms with Gasteiger partial charge in [0.25, 0.3) is 0 Å². The molecule has 0 unspecified atom stereocenters. The zero-order valence-electron chi connectivity index (χ0n) is 15.0. The Morgan fingerprint density at radius 3 is 2.83 bits per heavy atom. The van der Waals surface area contributed by atoms with Gasteiger partial charge in [-0.25, -0.2) is 0 Å². The number of Topliss-reactive ketones (excluding diaryl/α,β-unsaturated/α-hetero) is 1. The molecule has 4 aliphatic rings. The molecule has 0 radical (unpaired) electrons. The van der Waals surface area contributed by atoms with Crippen LogP contribution in [0.4, 0.5) is 0 Å². The summed E-state index contributed by atoms with van der Waals surface area (Å²) in [4.78, 5) is 13.3. The third-order valence-electron chi connectivity index (χ3n) is 8.00. The van der Waals surface area contributed by atoms with Gasteiger partial charge in [0.05, 0.1) is 0 Å². The largest absolute Gasteiger partial charge is 0.299 e. The molecule has 0 N–H and O–H groups in total. The number of carbonyl (C=O) groups excluding carboxylic acids is 1. The fraction of sp³-hybridized carbons (Fsp3) is 0.682. The van der Waals surface area contributed by atoms with Crippen LogP contribution in [0.2, 0.25) is 0 Å². The van der Waals surface area contributed by atoms with Gasteiger partial charge in [0.2, 0.25) is 0 Å². The van der Waals surface area contributed by atoms with E-state index in [2.05, 4.69) is 58.1 Å². The molecule has 0 bridgehead atoms. The Labute approximate surface area is 140 Å². The van der Waals surface area contributed by atoms with Crippen LogP contribution in [-0.4, -0.2) is 5.78 Å². The number of fused-ring (bicyclic) bond motifs is 5. The second-order valence-electron chi connectivity index (χ2n) is 9.07. The van der Waals surface area contributed by atoms with Crippen molar-refractivity contribution in [3.05, 3.63) is 36.0 Å². The van der Waals surface area contributed by atoms with Crippen LogP contribution in [0.15, 0.2) is 36.0 Å². The van der Waals surface area contributed by atoms with Crippen LogP contribution in [0.1, 0.15) is 53.4 Å². The maximum atomic E-state index is 13.3. The van der Waals surface area contributed by atoms with Gasteiger partial charge in [0.15, 0.2) is 0 Å². The molecule has 0 aromatic carbocycles. The molecule has 124 valence electrons. The van der Waals surface area contributed by atoms with E-state index in [0.29, 0.717) is 23.5 Å². The lowest BCUT2D eigenvalue weighted by molar-refractivity contribution is -0.140. The minimum atomic E-state index is 0.0279. The van der Waals surface area contributed by atoms with Gasteiger partial charge >= 0.3 is 0 Å². The number of carbonyl (C=O) groups is 1. The zero-order chi connectivity index (χ0) is 16.4. The molecule has 0 aliphatic heterocycles. The van der Waals surface area contributed by atoms with Crippen LogP contribution in [0.25, 0.3) is 0 Å². The molecule has 0 spiro atoms. The molecular formula is C22H30O. The molecule has 0 aromatic heterocycles. The van der Waals surface area contributed by atoms with Gasteiger partial charge in [-0.3, -0.25) is 4.79 Å². The van der Waals surface area contributed by atoms with Crippen molar-refractivity contribution in [3.8, 4) is 0 Å². The smallest absolute Gasteiger partial charge is 0.138 e. The molecule has 2 fully saturated rings. The fourth-order valence-electron chi connectivity index (χ4n) is 7.00. The van der Waals surface area contributed by atoms with Gasteiger partial charge in [0.1, 0.15) is 5.78 Å². The monoisotopic (exact) mass is 310 g/mol. The van der Waals surface area contributed by atoms with E-state index in [1.807, 2.05) is 0 Å². The summed E-state index contributed by atoms with van der Waals surface area (Å²) < 4.78 is 0. The quantitative estimate of drug-likeness (QED) is 0.638. The van der Waals surface area contributed by atoms with Crippen molar-refractivity contribution in [2.75, 3.05) is 0 Å². The highest BCUT2D eigenvalue weighted by atomic mass is 16.1. The molecule has 0 aromatic rings. The molecular weight excluding hydrogens is 280 g/mol. The highest BCUT2D eigenvalue weighted by Gasteiger charge is 2.61. The van der Waals surface area contributed by atoms with Gasteiger partial charge < -0.3 is 0 Å². The van der Waals surface area contributed by atoms with Crippen molar-refractivity contribution < 1.29 is 4.79 Å². The summed E-state index contributed by atoms with van der Waals surface area (Å²) in [6, 6.07) is 0. The van der Waals surface area contributed by atoms with E-state index >= 15 is 0 Å². The predicted molar refractivity (Wildman–Crippen MR) is 94.9 cm³/mol. The Morgan fingerprint density at radius 1 is 1.30 bits per heavy atom. The van der Waals surface area contributed by atoms with Crippen LogP contribution in [-0.2, 0) is 4.79 Å². The first-order chi connectivity index (χ1) is 10.9. The Hall–Kier alpha value is -1.11. The van der Waals surface area contributed by atoms with Crippen LogP contribution >= 0.6 is 0 Å². The summed E-state index contributed by atoms with van der Waals surface area (Å²) in [5, 5.41) is 0. The minimum Gasteiger partial charge on any atom is -0.299 e. The van der Waals surface area contributed by atoms with Crippen molar-refractivity contribution in [1.82, 2.24) is 0 Å². The van der Waals surface area contributed by atoms with Gasteiger partial charge in [-0.2, -0.15) is 0 Å². The first-order valence-corrected chi connectivity index (χ1v) is 9.50. The molecule has 2 saturated carbocycles. The molecule has 0 heterocycles. The Bertz CT molecular complexity index is 624. The van der Waals surface area contributed by atoms with Crippen molar-refractivity contribution >= 4 is 5.78 Å². The zero-order valence-corrected chi connectivity index (χ0v) is 15.0. The Morgan fingerprint density at radius 2 is 2.09 bits per heavy atom. The summed E-state index contributed by atoms with van der Waals surface area (Å²) in [5.74, 6) is 3.34. The Balaban J connectivity index is 1.80. The van der Waals surface area contributed by atoms with Crippen LogP contribution in [0, 0.1) is 40.4 Å². The summed E-state index contributed by atoms with van der Waals surface area (Å²) in [6.07, 6.45) is 15.7. The number of allylic oxidation sites excluding steroid dienone is 6. The number of hydrogen-bond acceptors (Lipinski definition) is 1. The maximum absolute atomic E-state index is 13.3. The highest BCUT2D eigenvalue weighted by Crippen LogP contribution is 2.65. The average Bonchev–Trinajstić information content (AvgIpc) is 2.75.